The van der Waals surface area contributed by atoms with Crippen LogP contribution in [0.15, 0.2) is 65.3 Å². The summed E-state index contributed by atoms with van der Waals surface area (Å²) in [4.78, 5) is 39.6. The second-order valence-corrected chi connectivity index (χ2v) is 12.4. The maximum atomic E-state index is 14.8. The molecule has 0 spiro atoms. The first-order valence-electron chi connectivity index (χ1n) is 13.7. The summed E-state index contributed by atoms with van der Waals surface area (Å²) in [7, 11) is 0. The lowest BCUT2D eigenvalue weighted by Crippen LogP contribution is -2.37. The predicted octanol–water partition coefficient (Wildman–Crippen LogP) is 5.62. The second kappa shape index (κ2) is 12.0. The third kappa shape index (κ3) is 7.04. The first-order valence-corrected chi connectivity index (χ1v) is 14.5. The quantitative estimate of drug-likeness (QED) is 0.324. The third-order valence-corrected chi connectivity index (χ3v) is 7.52. The molecule has 220 valence electrons. The Hall–Kier alpha value is -4.06. The number of nitrogens with zero attached hydrogens (tertiary/aromatic N) is 4. The smallest absolute Gasteiger partial charge is 0.408 e. The van der Waals surface area contributed by atoms with Crippen LogP contribution in [0.3, 0.4) is 0 Å². The second-order valence-electron chi connectivity index (χ2n) is 11.4. The van der Waals surface area contributed by atoms with E-state index in [9.17, 15) is 18.8 Å². The molecule has 1 fully saturated rings. The molecule has 3 aromatic rings. The molecule has 1 aliphatic carbocycles. The van der Waals surface area contributed by atoms with Gasteiger partial charge in [0.25, 0.3) is 5.91 Å². The van der Waals surface area contributed by atoms with Gasteiger partial charge in [0.1, 0.15) is 23.2 Å². The van der Waals surface area contributed by atoms with Crippen LogP contribution in [-0.2, 0) is 14.3 Å². The molecule has 5 rings (SSSR count). The Morgan fingerprint density at radius 2 is 1.90 bits per heavy atom. The minimum Gasteiger partial charge on any atom is -0.444 e. The molecular formula is C30H32BrFN6O4. The number of anilines is 2. The van der Waals surface area contributed by atoms with Crippen molar-refractivity contribution in [3.8, 4) is 11.3 Å². The van der Waals surface area contributed by atoms with Gasteiger partial charge in [0.15, 0.2) is 0 Å². The van der Waals surface area contributed by atoms with Crippen LogP contribution in [0.4, 0.5) is 20.6 Å². The van der Waals surface area contributed by atoms with Gasteiger partial charge in [0.2, 0.25) is 5.91 Å². The van der Waals surface area contributed by atoms with Gasteiger partial charge in [0.05, 0.1) is 12.2 Å². The molecule has 1 aliphatic heterocycles. The Balaban J connectivity index is 1.19. The van der Waals surface area contributed by atoms with Crippen LogP contribution in [0.1, 0.15) is 46.1 Å². The van der Waals surface area contributed by atoms with Crippen LogP contribution in [-0.4, -0.2) is 51.1 Å². The van der Waals surface area contributed by atoms with E-state index in [-0.39, 0.29) is 41.5 Å². The third-order valence-electron chi connectivity index (χ3n) is 6.99. The summed E-state index contributed by atoms with van der Waals surface area (Å²) in [6.45, 7) is 5.91. The number of carbonyl (C=O) groups is 3. The lowest BCUT2D eigenvalue weighted by Gasteiger charge is -2.21. The van der Waals surface area contributed by atoms with Crippen LogP contribution in [0.2, 0.25) is 0 Å². The van der Waals surface area contributed by atoms with Crippen LogP contribution in [0.25, 0.3) is 11.3 Å². The van der Waals surface area contributed by atoms with Gasteiger partial charge in [-0.2, -0.15) is 0 Å². The van der Waals surface area contributed by atoms with Crippen molar-refractivity contribution in [1.82, 2.24) is 20.3 Å². The summed E-state index contributed by atoms with van der Waals surface area (Å²) in [5.74, 6) is -0.942. The zero-order chi connectivity index (χ0) is 30.0. The molecule has 2 aromatic carbocycles. The predicted molar refractivity (Wildman–Crippen MR) is 159 cm³/mol. The van der Waals surface area contributed by atoms with E-state index in [1.807, 2.05) is 36.4 Å². The van der Waals surface area contributed by atoms with Crippen LogP contribution >= 0.6 is 15.9 Å². The van der Waals surface area contributed by atoms with E-state index < -0.39 is 23.6 Å². The normalized spacial score (nSPS) is 20.2. The van der Waals surface area contributed by atoms with E-state index in [4.69, 9.17) is 4.74 Å². The topological polar surface area (TPSA) is 118 Å². The lowest BCUT2D eigenvalue weighted by atomic mass is 10.0. The molecule has 12 heteroatoms. The fraction of sp³-hybridized carbons (Fsp3) is 0.367. The van der Waals surface area contributed by atoms with E-state index in [2.05, 4.69) is 36.9 Å². The summed E-state index contributed by atoms with van der Waals surface area (Å²) < 4.78 is 22.5. The highest BCUT2D eigenvalue weighted by molar-refractivity contribution is 9.10. The molecule has 3 atom stereocenters. The van der Waals surface area contributed by atoms with Gasteiger partial charge in [-0.1, -0.05) is 33.3 Å². The van der Waals surface area contributed by atoms with Gasteiger partial charge in [-0.05, 0) is 82.0 Å². The van der Waals surface area contributed by atoms with Crippen molar-refractivity contribution in [2.45, 2.75) is 57.7 Å². The van der Waals surface area contributed by atoms with Crippen molar-refractivity contribution in [2.75, 3.05) is 16.8 Å². The molecule has 1 unspecified atom stereocenters. The van der Waals surface area contributed by atoms with Crippen molar-refractivity contribution in [3.05, 3.63) is 71.1 Å². The number of aromatic nitrogens is 3. The standard InChI is InChI=1S/C30H32BrFN6O4/c1-30(2,3)42-29(41)34-20-7-4-18(14-20)15-27(39)33-21-8-11-24(32)23(16-21)25-17-38(36-35-25)26-12-13-37(28(26)40)22-9-5-19(31)6-10-22/h4-11,16-18,20,26H,12-15H2,1-3H3,(H,33,39)(H,34,41)/t18-,20+,26?/m1/s1. The average molecular weight is 640 g/mol. The number of benzene rings is 2. The first-order chi connectivity index (χ1) is 19.9. The Kier molecular flexibility index (Phi) is 8.44. The van der Waals surface area contributed by atoms with Crippen LogP contribution in [0.5, 0.6) is 0 Å². The number of hydrogen-bond acceptors (Lipinski definition) is 6. The molecule has 1 saturated heterocycles. The number of allylic oxidation sites excluding steroid dienone is 1. The number of ether oxygens (including phenoxy) is 1. The van der Waals surface area contributed by atoms with E-state index >= 15 is 0 Å². The average Bonchev–Trinajstić information content (AvgIpc) is 3.65. The Morgan fingerprint density at radius 1 is 1.14 bits per heavy atom. The van der Waals surface area contributed by atoms with Crippen molar-refractivity contribution < 1.29 is 23.5 Å². The number of carbonyl (C=O) groups excluding carboxylic acids is 3. The van der Waals surface area contributed by atoms with Crippen LogP contribution in [0, 0.1) is 11.7 Å². The number of alkyl carbamates (subject to hydrolysis) is 1. The summed E-state index contributed by atoms with van der Waals surface area (Å²) in [6.07, 6.45) is 6.12. The Labute approximate surface area is 251 Å². The summed E-state index contributed by atoms with van der Waals surface area (Å²) in [5, 5.41) is 13.9. The van der Waals surface area contributed by atoms with Crippen molar-refractivity contribution in [3.63, 3.8) is 0 Å². The molecule has 1 aromatic heterocycles. The number of hydrogen-bond donors (Lipinski definition) is 2. The van der Waals surface area contributed by atoms with Gasteiger partial charge >= 0.3 is 6.09 Å². The minimum absolute atomic E-state index is 0.0642. The minimum atomic E-state index is -0.594. The largest absolute Gasteiger partial charge is 0.444 e. The zero-order valence-electron chi connectivity index (χ0n) is 23.5. The van der Waals surface area contributed by atoms with Crippen molar-refractivity contribution in [1.29, 1.82) is 0 Å². The molecule has 10 nitrogen and oxygen atoms in total. The van der Waals surface area contributed by atoms with Gasteiger partial charge in [0, 0.05) is 34.4 Å². The SMILES string of the molecule is CC(C)(C)OC(=O)N[C@H]1C=C[C@@H](CC(=O)Nc2ccc(F)c(-c3cn(C4CCN(c5ccc(Br)cc5)C4=O)nn3)c2)C1. The molecular weight excluding hydrogens is 607 g/mol. The van der Waals surface area contributed by atoms with Gasteiger partial charge in [-0.3, -0.25) is 9.59 Å². The molecule has 2 heterocycles. The van der Waals surface area contributed by atoms with E-state index in [1.54, 1.807) is 31.9 Å². The summed E-state index contributed by atoms with van der Waals surface area (Å²) >= 11 is 3.40. The van der Waals surface area contributed by atoms with Crippen LogP contribution < -0.4 is 15.5 Å². The molecule has 0 radical (unpaired) electrons. The molecule has 3 amide bonds. The van der Waals surface area contributed by atoms with E-state index in [0.717, 1.165) is 10.2 Å². The number of amides is 3. The first kappa shape index (κ1) is 29.4. The fourth-order valence-electron chi connectivity index (χ4n) is 5.08. The van der Waals surface area contributed by atoms with Crippen molar-refractivity contribution >= 4 is 45.2 Å². The highest BCUT2D eigenvalue weighted by Crippen LogP contribution is 2.31. The summed E-state index contributed by atoms with van der Waals surface area (Å²) in [6, 6.07) is 11.0. The highest BCUT2D eigenvalue weighted by atomic mass is 79.9. The Morgan fingerprint density at radius 3 is 2.64 bits per heavy atom. The van der Waals surface area contributed by atoms with E-state index in [0.29, 0.717) is 25.1 Å². The molecule has 0 saturated carbocycles. The fourth-order valence-corrected chi connectivity index (χ4v) is 5.35. The number of nitrogens with one attached hydrogen (secondary N) is 2. The maximum absolute atomic E-state index is 14.8. The summed E-state index contributed by atoms with van der Waals surface area (Å²) in [5.41, 5.74) is 1.03. The van der Waals surface area contributed by atoms with Gasteiger partial charge < -0.3 is 20.3 Å². The number of halogens is 2. The number of rotatable bonds is 7. The Bertz CT molecular complexity index is 1520. The lowest BCUT2D eigenvalue weighted by molar-refractivity contribution is -0.120. The molecule has 42 heavy (non-hydrogen) atoms. The molecule has 0 bridgehead atoms. The zero-order valence-corrected chi connectivity index (χ0v) is 25.1. The van der Waals surface area contributed by atoms with Crippen molar-refractivity contribution in [2.24, 2.45) is 5.92 Å². The van der Waals surface area contributed by atoms with E-state index in [1.165, 1.54) is 22.9 Å². The van der Waals surface area contributed by atoms with Gasteiger partial charge in [-0.25, -0.2) is 13.9 Å². The monoisotopic (exact) mass is 638 g/mol. The van der Waals surface area contributed by atoms with Gasteiger partial charge in [-0.15, -0.1) is 5.10 Å². The molecule has 2 N–H and O–H groups in total. The highest BCUT2D eigenvalue weighted by Gasteiger charge is 2.35. The molecule has 2 aliphatic rings. The maximum Gasteiger partial charge on any atom is 0.408 e.